The molecule has 1 aliphatic rings. The zero-order valence-corrected chi connectivity index (χ0v) is 16.1. The van der Waals surface area contributed by atoms with E-state index in [1.54, 1.807) is 18.0 Å². The van der Waals surface area contributed by atoms with E-state index in [-0.39, 0.29) is 5.91 Å². The molecule has 0 radical (unpaired) electrons. The minimum atomic E-state index is 0.0220. The van der Waals surface area contributed by atoms with Crippen molar-refractivity contribution in [2.24, 2.45) is 0 Å². The molecule has 2 heterocycles. The van der Waals surface area contributed by atoms with Crippen LogP contribution in [0.4, 0.5) is 5.82 Å². The number of nitrogens with one attached hydrogen (secondary N) is 1. The normalized spacial score (nSPS) is 14.3. The highest BCUT2D eigenvalue weighted by Gasteiger charge is 2.16. The summed E-state index contributed by atoms with van der Waals surface area (Å²) in [7, 11) is 0. The Balaban J connectivity index is 1.47. The highest BCUT2D eigenvalue weighted by molar-refractivity contribution is 7.99. The van der Waals surface area contributed by atoms with Crippen molar-refractivity contribution >= 4 is 35.1 Å². The molecule has 1 N–H and O–H groups in total. The van der Waals surface area contributed by atoms with E-state index in [1.165, 1.54) is 0 Å². The lowest BCUT2D eigenvalue weighted by atomic mass is 10.2. The largest absolute Gasteiger partial charge is 0.378 e. The van der Waals surface area contributed by atoms with Crippen LogP contribution in [0.1, 0.15) is 11.1 Å². The summed E-state index contributed by atoms with van der Waals surface area (Å²) in [5.74, 6) is 2.14. The zero-order chi connectivity index (χ0) is 18.2. The lowest BCUT2D eigenvalue weighted by Crippen LogP contribution is -2.38. The predicted octanol–water partition coefficient (Wildman–Crippen LogP) is 3.12. The van der Waals surface area contributed by atoms with Gasteiger partial charge in [0.1, 0.15) is 5.82 Å². The number of morpholine rings is 1. The second-order valence-electron chi connectivity index (χ2n) is 5.99. The molecule has 0 spiro atoms. The summed E-state index contributed by atoms with van der Waals surface area (Å²) in [5, 5.41) is 3.71. The number of ether oxygens (including phenoxy) is 1. The molecule has 3 rings (SSSR count). The predicted molar refractivity (Wildman–Crippen MR) is 107 cm³/mol. The first-order valence-electron chi connectivity index (χ1n) is 8.58. The molecule has 7 heteroatoms. The summed E-state index contributed by atoms with van der Waals surface area (Å²) < 4.78 is 5.40. The third kappa shape index (κ3) is 5.62. The second-order valence-corrected chi connectivity index (χ2v) is 7.41. The first-order chi connectivity index (χ1) is 12.7. The maximum absolute atomic E-state index is 12.1. The van der Waals surface area contributed by atoms with Crippen LogP contribution in [0.2, 0.25) is 5.02 Å². The number of nitrogens with zero attached hydrogens (tertiary/aromatic N) is 2. The number of anilines is 1. The maximum atomic E-state index is 12.1. The quantitative estimate of drug-likeness (QED) is 0.785. The van der Waals surface area contributed by atoms with Crippen molar-refractivity contribution < 1.29 is 9.53 Å². The Bertz CT molecular complexity index is 738. The average molecular weight is 392 g/mol. The Kier molecular flexibility index (Phi) is 7.17. The Labute approximate surface area is 163 Å². The van der Waals surface area contributed by atoms with Gasteiger partial charge in [-0.3, -0.25) is 4.79 Å². The molecule has 0 atom stereocenters. The van der Waals surface area contributed by atoms with E-state index in [1.807, 2.05) is 36.4 Å². The van der Waals surface area contributed by atoms with Crippen LogP contribution in [0.15, 0.2) is 42.6 Å². The van der Waals surface area contributed by atoms with Gasteiger partial charge in [0.15, 0.2) is 0 Å². The summed E-state index contributed by atoms with van der Waals surface area (Å²) in [6.07, 6.45) is 1.79. The van der Waals surface area contributed by atoms with Gasteiger partial charge >= 0.3 is 0 Å². The van der Waals surface area contributed by atoms with Crippen molar-refractivity contribution in [3.63, 3.8) is 0 Å². The third-order valence-corrected chi connectivity index (χ3v) is 5.28. The van der Waals surface area contributed by atoms with Crippen LogP contribution in [0, 0.1) is 0 Å². The number of aromatic nitrogens is 1. The monoisotopic (exact) mass is 391 g/mol. The number of thioether (sulfide) groups is 1. The molecule has 1 aromatic carbocycles. The highest BCUT2D eigenvalue weighted by Crippen LogP contribution is 2.19. The molecule has 0 bridgehead atoms. The van der Waals surface area contributed by atoms with Gasteiger partial charge in [0, 0.05) is 42.2 Å². The van der Waals surface area contributed by atoms with Crippen molar-refractivity contribution in [1.82, 2.24) is 10.3 Å². The van der Waals surface area contributed by atoms with E-state index >= 15 is 0 Å². The van der Waals surface area contributed by atoms with Crippen LogP contribution in [0.3, 0.4) is 0 Å². The third-order valence-electron chi connectivity index (χ3n) is 4.05. The summed E-state index contributed by atoms with van der Waals surface area (Å²) in [6.45, 7) is 3.56. The smallest absolute Gasteiger partial charge is 0.230 e. The van der Waals surface area contributed by atoms with Crippen molar-refractivity contribution in [2.75, 3.05) is 37.0 Å². The molecular weight excluding hydrogens is 370 g/mol. The van der Waals surface area contributed by atoms with Crippen molar-refractivity contribution in [3.8, 4) is 0 Å². The van der Waals surface area contributed by atoms with Crippen molar-refractivity contribution in [1.29, 1.82) is 0 Å². The number of halogens is 1. The van der Waals surface area contributed by atoms with Gasteiger partial charge in [0.05, 0.1) is 19.0 Å². The number of hydrogen-bond acceptors (Lipinski definition) is 5. The Morgan fingerprint density at radius 1 is 1.27 bits per heavy atom. The van der Waals surface area contributed by atoms with E-state index in [0.29, 0.717) is 25.5 Å². The molecular formula is C19H22ClN3O2S. The van der Waals surface area contributed by atoms with Crippen LogP contribution in [-0.4, -0.2) is 42.9 Å². The van der Waals surface area contributed by atoms with Crippen LogP contribution in [-0.2, 0) is 21.8 Å². The van der Waals surface area contributed by atoms with E-state index in [0.717, 1.165) is 40.8 Å². The van der Waals surface area contributed by atoms with Gasteiger partial charge in [-0.25, -0.2) is 4.98 Å². The molecule has 1 fully saturated rings. The number of carbonyl (C=O) groups excluding carboxylic acids is 1. The second kappa shape index (κ2) is 9.80. The number of hydrogen-bond donors (Lipinski definition) is 1. The van der Waals surface area contributed by atoms with Crippen LogP contribution in [0.5, 0.6) is 0 Å². The minimum absolute atomic E-state index is 0.0220. The van der Waals surface area contributed by atoms with Crippen molar-refractivity contribution in [2.45, 2.75) is 12.3 Å². The van der Waals surface area contributed by atoms with E-state index in [2.05, 4.69) is 15.2 Å². The van der Waals surface area contributed by atoms with E-state index < -0.39 is 0 Å². The summed E-state index contributed by atoms with van der Waals surface area (Å²) >= 11 is 7.55. The fourth-order valence-corrected chi connectivity index (χ4v) is 3.78. The van der Waals surface area contributed by atoms with E-state index in [9.17, 15) is 4.79 Å². The summed E-state index contributed by atoms with van der Waals surface area (Å²) in [4.78, 5) is 18.8. The molecule has 5 nitrogen and oxygen atoms in total. The average Bonchev–Trinajstić information content (AvgIpc) is 2.67. The minimum Gasteiger partial charge on any atom is -0.378 e. The Morgan fingerprint density at radius 3 is 2.92 bits per heavy atom. The SMILES string of the molecule is O=C(CSCc1cccc(Cl)c1)NCc1cccnc1N1CCOCC1. The van der Waals surface area contributed by atoms with Gasteiger partial charge in [-0.15, -0.1) is 11.8 Å². The Morgan fingerprint density at radius 2 is 2.12 bits per heavy atom. The van der Waals surface area contributed by atoms with Gasteiger partial charge in [0.2, 0.25) is 5.91 Å². The molecule has 138 valence electrons. The zero-order valence-electron chi connectivity index (χ0n) is 14.5. The maximum Gasteiger partial charge on any atom is 0.230 e. The number of rotatable bonds is 7. The number of amides is 1. The van der Waals surface area contributed by atoms with E-state index in [4.69, 9.17) is 16.3 Å². The molecule has 26 heavy (non-hydrogen) atoms. The van der Waals surface area contributed by atoms with Crippen LogP contribution in [0.25, 0.3) is 0 Å². The summed E-state index contributed by atoms with van der Waals surface area (Å²) in [6, 6.07) is 11.6. The highest BCUT2D eigenvalue weighted by atomic mass is 35.5. The molecule has 1 saturated heterocycles. The molecule has 0 aliphatic carbocycles. The molecule has 2 aromatic rings. The molecule has 1 aromatic heterocycles. The number of benzene rings is 1. The van der Waals surface area contributed by atoms with Crippen LogP contribution < -0.4 is 10.2 Å². The topological polar surface area (TPSA) is 54.5 Å². The van der Waals surface area contributed by atoms with Gasteiger partial charge < -0.3 is 15.0 Å². The first-order valence-corrected chi connectivity index (χ1v) is 10.1. The van der Waals surface area contributed by atoms with Gasteiger partial charge in [-0.1, -0.05) is 29.8 Å². The number of pyridine rings is 1. The van der Waals surface area contributed by atoms with Crippen LogP contribution >= 0.6 is 23.4 Å². The Hall–Kier alpha value is -1.76. The fourth-order valence-electron chi connectivity index (χ4n) is 2.76. The fraction of sp³-hybridized carbons (Fsp3) is 0.368. The number of carbonyl (C=O) groups is 1. The van der Waals surface area contributed by atoms with Gasteiger partial charge in [-0.05, 0) is 23.8 Å². The first kappa shape index (κ1) is 19.0. The molecule has 0 saturated carbocycles. The standard InChI is InChI=1S/C19H22ClN3O2S/c20-17-5-1-3-15(11-17)13-26-14-18(24)22-12-16-4-2-6-21-19(16)23-7-9-25-10-8-23/h1-6,11H,7-10,12-14H2,(H,22,24). The molecule has 0 unspecified atom stereocenters. The summed E-state index contributed by atoms with van der Waals surface area (Å²) in [5.41, 5.74) is 2.15. The van der Waals surface area contributed by atoms with Crippen molar-refractivity contribution in [3.05, 3.63) is 58.7 Å². The van der Waals surface area contributed by atoms with Gasteiger partial charge in [-0.2, -0.15) is 0 Å². The lowest BCUT2D eigenvalue weighted by Gasteiger charge is -2.29. The van der Waals surface area contributed by atoms with Gasteiger partial charge in [0.25, 0.3) is 0 Å². The molecule has 1 amide bonds. The lowest BCUT2D eigenvalue weighted by molar-refractivity contribution is -0.118. The molecule has 1 aliphatic heterocycles.